The fraction of sp³-hybridized carbons (Fsp3) is 0.278. The number of thioether (sulfide) groups is 1. The number of sulfonamides is 1. The number of carbonyl (C=O) groups excluding carboxylic acids is 1. The van der Waals surface area contributed by atoms with Crippen molar-refractivity contribution >= 4 is 33.4 Å². The lowest BCUT2D eigenvalue weighted by molar-refractivity contribution is -0.113. The maximum atomic E-state index is 13.6. The monoisotopic (exact) mass is 414 g/mol. The van der Waals surface area contributed by atoms with Crippen LogP contribution < -0.4 is 5.32 Å². The minimum atomic E-state index is -3.59. The summed E-state index contributed by atoms with van der Waals surface area (Å²) in [6, 6.07) is 8.77. The highest BCUT2D eigenvalue weighted by Gasteiger charge is 2.22. The SMILES string of the molecule is CC(C)N(C)S(=O)(=O)c1ccc(NC(=O)CSc2ccc(F)cc2F)cc1. The van der Waals surface area contributed by atoms with Crippen molar-refractivity contribution in [2.24, 2.45) is 0 Å². The fourth-order valence-electron chi connectivity index (χ4n) is 2.09. The smallest absolute Gasteiger partial charge is 0.243 e. The molecule has 0 spiro atoms. The second kappa shape index (κ2) is 8.81. The Hall–Kier alpha value is -1.97. The maximum Gasteiger partial charge on any atom is 0.243 e. The molecule has 0 fully saturated rings. The summed E-state index contributed by atoms with van der Waals surface area (Å²) in [5.41, 5.74) is 0.423. The lowest BCUT2D eigenvalue weighted by Gasteiger charge is -2.21. The van der Waals surface area contributed by atoms with Gasteiger partial charge in [-0.1, -0.05) is 0 Å². The highest BCUT2D eigenvalue weighted by Crippen LogP contribution is 2.23. The molecule has 0 unspecified atom stereocenters. The van der Waals surface area contributed by atoms with Crippen LogP contribution in [0.3, 0.4) is 0 Å². The van der Waals surface area contributed by atoms with Crippen LogP contribution in [0.5, 0.6) is 0 Å². The summed E-state index contributed by atoms with van der Waals surface area (Å²) in [7, 11) is -2.09. The minimum Gasteiger partial charge on any atom is -0.325 e. The number of hydrogen-bond donors (Lipinski definition) is 1. The van der Waals surface area contributed by atoms with Crippen molar-refractivity contribution in [1.82, 2.24) is 4.31 Å². The molecule has 0 atom stereocenters. The number of nitrogens with zero attached hydrogens (tertiary/aromatic N) is 1. The first-order valence-electron chi connectivity index (χ1n) is 8.07. The average Bonchev–Trinajstić information content (AvgIpc) is 2.60. The molecular weight excluding hydrogens is 394 g/mol. The summed E-state index contributed by atoms with van der Waals surface area (Å²) in [4.78, 5) is 12.3. The first-order valence-corrected chi connectivity index (χ1v) is 10.5. The summed E-state index contributed by atoms with van der Waals surface area (Å²) in [5, 5.41) is 2.61. The molecule has 1 amide bonds. The number of benzene rings is 2. The second-order valence-corrected chi connectivity index (χ2v) is 9.07. The van der Waals surface area contributed by atoms with Gasteiger partial charge in [0.15, 0.2) is 0 Å². The van der Waals surface area contributed by atoms with E-state index in [0.29, 0.717) is 5.69 Å². The summed E-state index contributed by atoms with van der Waals surface area (Å²) in [6.45, 7) is 3.54. The highest BCUT2D eigenvalue weighted by molar-refractivity contribution is 8.00. The van der Waals surface area contributed by atoms with E-state index in [1.54, 1.807) is 13.8 Å². The third-order valence-electron chi connectivity index (χ3n) is 3.79. The van der Waals surface area contributed by atoms with Gasteiger partial charge in [0.2, 0.25) is 15.9 Å². The molecule has 1 N–H and O–H groups in total. The van der Waals surface area contributed by atoms with E-state index in [1.165, 1.54) is 41.7 Å². The number of halogens is 2. The molecule has 0 heterocycles. The lowest BCUT2D eigenvalue weighted by atomic mass is 10.3. The Kier molecular flexibility index (Phi) is 6.96. The second-order valence-electron chi connectivity index (χ2n) is 6.05. The normalized spacial score (nSPS) is 11.8. The van der Waals surface area contributed by atoms with Gasteiger partial charge in [-0.2, -0.15) is 4.31 Å². The number of carbonyl (C=O) groups is 1. The van der Waals surface area contributed by atoms with Gasteiger partial charge >= 0.3 is 0 Å². The van der Waals surface area contributed by atoms with E-state index in [0.717, 1.165) is 23.9 Å². The van der Waals surface area contributed by atoms with E-state index in [1.807, 2.05) is 0 Å². The van der Waals surface area contributed by atoms with E-state index in [4.69, 9.17) is 0 Å². The number of rotatable bonds is 7. The van der Waals surface area contributed by atoms with Crippen LogP contribution in [-0.2, 0) is 14.8 Å². The molecule has 2 rings (SSSR count). The first-order chi connectivity index (χ1) is 12.6. The zero-order valence-electron chi connectivity index (χ0n) is 15.1. The third-order valence-corrected chi connectivity index (χ3v) is 6.89. The number of hydrogen-bond acceptors (Lipinski definition) is 4. The van der Waals surface area contributed by atoms with Crippen molar-refractivity contribution in [3.05, 3.63) is 54.1 Å². The molecule has 0 saturated carbocycles. The molecule has 0 aliphatic carbocycles. The van der Waals surface area contributed by atoms with Crippen molar-refractivity contribution in [2.75, 3.05) is 18.1 Å². The molecular formula is C18H20F2N2O3S2. The van der Waals surface area contributed by atoms with Crippen LogP contribution in [0.2, 0.25) is 0 Å². The van der Waals surface area contributed by atoms with Crippen LogP contribution in [0, 0.1) is 11.6 Å². The van der Waals surface area contributed by atoms with Gasteiger partial charge in [0, 0.05) is 29.7 Å². The maximum absolute atomic E-state index is 13.6. The van der Waals surface area contributed by atoms with Crippen LogP contribution in [0.15, 0.2) is 52.3 Å². The van der Waals surface area contributed by atoms with Gasteiger partial charge in [-0.15, -0.1) is 11.8 Å². The molecule has 9 heteroatoms. The number of amides is 1. The van der Waals surface area contributed by atoms with Gasteiger partial charge in [-0.05, 0) is 50.2 Å². The van der Waals surface area contributed by atoms with Gasteiger partial charge in [0.1, 0.15) is 11.6 Å². The number of nitrogens with one attached hydrogen (secondary N) is 1. The quantitative estimate of drug-likeness (QED) is 0.701. The molecule has 5 nitrogen and oxygen atoms in total. The molecule has 2 aromatic carbocycles. The van der Waals surface area contributed by atoms with E-state index in [-0.39, 0.29) is 21.6 Å². The molecule has 0 aromatic heterocycles. The molecule has 0 saturated heterocycles. The van der Waals surface area contributed by atoms with Crippen molar-refractivity contribution < 1.29 is 22.0 Å². The van der Waals surface area contributed by atoms with Gasteiger partial charge in [0.25, 0.3) is 0 Å². The van der Waals surface area contributed by atoms with Crippen molar-refractivity contribution in [3.8, 4) is 0 Å². The zero-order chi connectivity index (χ0) is 20.2. The van der Waals surface area contributed by atoms with Crippen LogP contribution in [0.4, 0.5) is 14.5 Å². The minimum absolute atomic E-state index is 0.0707. The van der Waals surface area contributed by atoms with Crippen LogP contribution >= 0.6 is 11.8 Å². The molecule has 0 radical (unpaired) electrons. The topological polar surface area (TPSA) is 66.5 Å². The van der Waals surface area contributed by atoms with E-state index in [9.17, 15) is 22.0 Å². The fourth-order valence-corrected chi connectivity index (χ4v) is 4.17. The Morgan fingerprint density at radius 2 is 1.78 bits per heavy atom. The molecule has 27 heavy (non-hydrogen) atoms. The predicted molar refractivity (Wildman–Crippen MR) is 102 cm³/mol. The molecule has 0 bridgehead atoms. The Morgan fingerprint density at radius 1 is 1.15 bits per heavy atom. The van der Waals surface area contributed by atoms with Crippen molar-refractivity contribution in [2.45, 2.75) is 29.7 Å². The molecule has 0 aliphatic heterocycles. The van der Waals surface area contributed by atoms with Gasteiger partial charge in [-0.3, -0.25) is 4.79 Å². The summed E-state index contributed by atoms with van der Waals surface area (Å²) < 4.78 is 52.5. The van der Waals surface area contributed by atoms with Crippen molar-refractivity contribution in [3.63, 3.8) is 0 Å². The Balaban J connectivity index is 1.98. The van der Waals surface area contributed by atoms with Crippen LogP contribution in [0.25, 0.3) is 0 Å². The Labute approximate surface area is 161 Å². The molecule has 2 aromatic rings. The summed E-state index contributed by atoms with van der Waals surface area (Å²) >= 11 is 0.941. The third kappa shape index (κ3) is 5.50. The molecule has 146 valence electrons. The predicted octanol–water partition coefficient (Wildman–Crippen LogP) is 3.72. The highest BCUT2D eigenvalue weighted by atomic mass is 32.2. The standard InChI is InChI=1S/C18H20F2N2O3S2/c1-12(2)22(3)27(24,25)15-7-5-14(6-8-15)21-18(23)11-26-17-9-4-13(19)10-16(17)20/h4-10,12H,11H2,1-3H3,(H,21,23). The van der Waals surface area contributed by atoms with Crippen LogP contribution in [-0.4, -0.2) is 37.5 Å². The lowest BCUT2D eigenvalue weighted by Crippen LogP contribution is -2.33. The van der Waals surface area contributed by atoms with Crippen molar-refractivity contribution in [1.29, 1.82) is 0 Å². The summed E-state index contributed by atoms with van der Waals surface area (Å²) in [6.07, 6.45) is 0. The van der Waals surface area contributed by atoms with Gasteiger partial charge < -0.3 is 5.32 Å². The molecule has 0 aliphatic rings. The number of anilines is 1. The van der Waals surface area contributed by atoms with E-state index < -0.39 is 27.6 Å². The largest absolute Gasteiger partial charge is 0.325 e. The first kappa shape index (κ1) is 21.3. The average molecular weight is 414 g/mol. The van der Waals surface area contributed by atoms with Gasteiger partial charge in [-0.25, -0.2) is 17.2 Å². The van der Waals surface area contributed by atoms with Gasteiger partial charge in [0.05, 0.1) is 10.6 Å². The van der Waals surface area contributed by atoms with E-state index in [2.05, 4.69) is 5.32 Å². The Morgan fingerprint density at radius 3 is 2.33 bits per heavy atom. The summed E-state index contributed by atoms with van der Waals surface area (Å²) in [5.74, 6) is -1.87. The Bertz CT molecular complexity index is 917. The van der Waals surface area contributed by atoms with Crippen LogP contribution in [0.1, 0.15) is 13.8 Å². The zero-order valence-corrected chi connectivity index (χ0v) is 16.7. The van der Waals surface area contributed by atoms with E-state index >= 15 is 0 Å².